The third-order valence-corrected chi connectivity index (χ3v) is 3.84. The maximum absolute atomic E-state index is 13.8. The number of nitrogens with zero attached hydrogens (tertiary/aromatic N) is 1. The Labute approximate surface area is 110 Å². The lowest BCUT2D eigenvalue weighted by Crippen LogP contribution is -2.57. The number of hydrogen-bond donors (Lipinski definition) is 1. The number of hydrogen-bond acceptors (Lipinski definition) is 2. The van der Waals surface area contributed by atoms with Crippen LogP contribution < -0.4 is 5.32 Å². The maximum atomic E-state index is 13.8. The third kappa shape index (κ3) is 3.06. The largest absolute Gasteiger partial charge is 0.314 e. The first-order chi connectivity index (χ1) is 7.99. The Balaban J connectivity index is 2.14. The van der Waals surface area contributed by atoms with Crippen LogP contribution in [-0.2, 0) is 6.54 Å². The summed E-state index contributed by atoms with van der Waals surface area (Å²) in [5.74, 6) is -0.131. The van der Waals surface area contributed by atoms with Gasteiger partial charge in [-0.15, -0.1) is 0 Å². The molecule has 94 valence electrons. The van der Waals surface area contributed by atoms with Crippen LogP contribution in [0.15, 0.2) is 22.7 Å². The van der Waals surface area contributed by atoms with Crippen LogP contribution in [0.1, 0.15) is 19.4 Å². The highest BCUT2D eigenvalue weighted by Gasteiger charge is 2.29. The molecule has 1 aromatic carbocycles. The van der Waals surface area contributed by atoms with Gasteiger partial charge < -0.3 is 5.32 Å². The molecule has 0 aliphatic carbocycles. The molecular weight excluding hydrogens is 283 g/mol. The summed E-state index contributed by atoms with van der Waals surface area (Å²) in [6, 6.07) is 5.29. The molecule has 1 aromatic rings. The van der Waals surface area contributed by atoms with E-state index in [9.17, 15) is 4.39 Å². The Morgan fingerprint density at radius 2 is 2.24 bits per heavy atom. The minimum atomic E-state index is -0.131. The fourth-order valence-corrected chi connectivity index (χ4v) is 2.50. The summed E-state index contributed by atoms with van der Waals surface area (Å²) >= 11 is 3.28. The van der Waals surface area contributed by atoms with Crippen molar-refractivity contribution in [1.82, 2.24) is 10.2 Å². The van der Waals surface area contributed by atoms with Crippen molar-refractivity contribution in [2.24, 2.45) is 0 Å². The smallest absolute Gasteiger partial charge is 0.128 e. The monoisotopic (exact) mass is 300 g/mol. The van der Waals surface area contributed by atoms with E-state index in [4.69, 9.17) is 0 Å². The molecule has 1 aliphatic heterocycles. The van der Waals surface area contributed by atoms with Crippen LogP contribution in [0.5, 0.6) is 0 Å². The van der Waals surface area contributed by atoms with Crippen molar-refractivity contribution in [3.05, 3.63) is 34.1 Å². The number of nitrogens with one attached hydrogen (secondary N) is 1. The first-order valence-electron chi connectivity index (χ1n) is 5.89. The molecule has 1 heterocycles. The Kier molecular flexibility index (Phi) is 3.85. The van der Waals surface area contributed by atoms with Gasteiger partial charge in [-0.1, -0.05) is 22.0 Å². The van der Waals surface area contributed by atoms with Gasteiger partial charge in [0.15, 0.2) is 0 Å². The van der Waals surface area contributed by atoms with Gasteiger partial charge in [-0.2, -0.15) is 0 Å². The van der Waals surface area contributed by atoms with Gasteiger partial charge in [0, 0.05) is 41.8 Å². The van der Waals surface area contributed by atoms with E-state index in [2.05, 4.69) is 40.0 Å². The minimum absolute atomic E-state index is 0.0811. The van der Waals surface area contributed by atoms with Crippen LogP contribution in [-0.4, -0.2) is 30.1 Å². The Bertz CT molecular complexity index is 406. The molecule has 0 spiro atoms. The quantitative estimate of drug-likeness (QED) is 0.903. The molecule has 1 N–H and O–H groups in total. The van der Waals surface area contributed by atoms with E-state index in [0.717, 1.165) is 29.7 Å². The topological polar surface area (TPSA) is 15.3 Å². The van der Waals surface area contributed by atoms with Gasteiger partial charge in [-0.25, -0.2) is 4.39 Å². The molecule has 0 atom stereocenters. The SMILES string of the molecule is CC1(C)CNCCN1Cc1ccc(Br)cc1F. The molecule has 0 aromatic heterocycles. The number of rotatable bonds is 2. The van der Waals surface area contributed by atoms with E-state index in [-0.39, 0.29) is 11.4 Å². The van der Waals surface area contributed by atoms with Crippen molar-refractivity contribution >= 4 is 15.9 Å². The molecule has 0 radical (unpaired) electrons. The zero-order chi connectivity index (χ0) is 12.5. The molecule has 2 rings (SSSR count). The van der Waals surface area contributed by atoms with Crippen LogP contribution in [0, 0.1) is 5.82 Å². The fraction of sp³-hybridized carbons (Fsp3) is 0.538. The van der Waals surface area contributed by atoms with Crippen LogP contribution >= 0.6 is 15.9 Å². The summed E-state index contributed by atoms with van der Waals surface area (Å²) in [5, 5.41) is 3.37. The van der Waals surface area contributed by atoms with Gasteiger partial charge in [0.05, 0.1) is 0 Å². The summed E-state index contributed by atoms with van der Waals surface area (Å²) < 4.78 is 14.6. The number of piperazine rings is 1. The lowest BCUT2D eigenvalue weighted by atomic mass is 9.99. The van der Waals surface area contributed by atoms with Gasteiger partial charge in [-0.05, 0) is 26.0 Å². The summed E-state index contributed by atoms with van der Waals surface area (Å²) in [7, 11) is 0. The van der Waals surface area contributed by atoms with Crippen LogP contribution in [0.25, 0.3) is 0 Å². The van der Waals surface area contributed by atoms with E-state index < -0.39 is 0 Å². The van der Waals surface area contributed by atoms with E-state index >= 15 is 0 Å². The highest BCUT2D eigenvalue weighted by molar-refractivity contribution is 9.10. The van der Waals surface area contributed by atoms with Crippen molar-refractivity contribution in [3.63, 3.8) is 0 Å². The number of halogens is 2. The van der Waals surface area contributed by atoms with Gasteiger partial charge in [-0.3, -0.25) is 4.90 Å². The Morgan fingerprint density at radius 3 is 2.88 bits per heavy atom. The predicted molar refractivity (Wildman–Crippen MR) is 71.5 cm³/mol. The Hall–Kier alpha value is -0.450. The molecule has 1 aliphatic rings. The average Bonchev–Trinajstić information content (AvgIpc) is 2.24. The van der Waals surface area contributed by atoms with Crippen LogP contribution in [0.3, 0.4) is 0 Å². The minimum Gasteiger partial charge on any atom is -0.314 e. The standard InChI is InChI=1S/C13H18BrFN2/c1-13(2)9-16-5-6-17(13)8-10-3-4-11(14)7-12(10)15/h3-4,7,16H,5-6,8-9H2,1-2H3. The van der Waals surface area contributed by atoms with Gasteiger partial charge in [0.1, 0.15) is 5.82 Å². The molecule has 1 fully saturated rings. The normalized spacial score (nSPS) is 20.5. The lowest BCUT2D eigenvalue weighted by Gasteiger charge is -2.42. The molecule has 0 unspecified atom stereocenters. The van der Waals surface area contributed by atoms with E-state index in [1.54, 1.807) is 0 Å². The maximum Gasteiger partial charge on any atom is 0.128 e. The molecule has 0 amide bonds. The second kappa shape index (κ2) is 5.04. The van der Waals surface area contributed by atoms with E-state index in [0.29, 0.717) is 6.54 Å². The molecule has 4 heteroatoms. The average molecular weight is 301 g/mol. The zero-order valence-corrected chi connectivity index (χ0v) is 11.8. The van der Waals surface area contributed by atoms with Crippen molar-refractivity contribution in [2.75, 3.05) is 19.6 Å². The third-order valence-electron chi connectivity index (χ3n) is 3.35. The predicted octanol–water partition coefficient (Wildman–Crippen LogP) is 2.77. The first kappa shape index (κ1) is 13.0. The van der Waals surface area contributed by atoms with Gasteiger partial charge in [0.2, 0.25) is 0 Å². The summed E-state index contributed by atoms with van der Waals surface area (Å²) in [6.45, 7) is 7.94. The summed E-state index contributed by atoms with van der Waals surface area (Å²) in [4.78, 5) is 2.33. The molecule has 17 heavy (non-hydrogen) atoms. The van der Waals surface area contributed by atoms with Crippen molar-refractivity contribution in [2.45, 2.75) is 25.9 Å². The highest BCUT2D eigenvalue weighted by atomic mass is 79.9. The zero-order valence-electron chi connectivity index (χ0n) is 10.3. The summed E-state index contributed by atoms with van der Waals surface area (Å²) in [6.07, 6.45) is 0. The second-order valence-corrected chi connectivity index (χ2v) is 6.06. The van der Waals surface area contributed by atoms with Gasteiger partial charge >= 0.3 is 0 Å². The van der Waals surface area contributed by atoms with Crippen molar-refractivity contribution in [1.29, 1.82) is 0 Å². The second-order valence-electron chi connectivity index (χ2n) is 5.15. The molecular formula is C13H18BrFN2. The fourth-order valence-electron chi connectivity index (χ4n) is 2.17. The molecule has 0 bridgehead atoms. The summed E-state index contributed by atoms with van der Waals surface area (Å²) in [5.41, 5.74) is 0.848. The van der Waals surface area contributed by atoms with E-state index in [1.807, 2.05) is 12.1 Å². The van der Waals surface area contributed by atoms with E-state index in [1.165, 1.54) is 6.07 Å². The van der Waals surface area contributed by atoms with Crippen molar-refractivity contribution in [3.8, 4) is 0 Å². The highest BCUT2D eigenvalue weighted by Crippen LogP contribution is 2.22. The molecule has 1 saturated heterocycles. The Morgan fingerprint density at radius 1 is 1.47 bits per heavy atom. The lowest BCUT2D eigenvalue weighted by molar-refractivity contribution is 0.0816. The first-order valence-corrected chi connectivity index (χ1v) is 6.68. The van der Waals surface area contributed by atoms with Gasteiger partial charge in [0.25, 0.3) is 0 Å². The molecule has 2 nitrogen and oxygen atoms in total. The number of benzene rings is 1. The molecule has 0 saturated carbocycles. The van der Waals surface area contributed by atoms with Crippen LogP contribution in [0.4, 0.5) is 4.39 Å². The van der Waals surface area contributed by atoms with Crippen molar-refractivity contribution < 1.29 is 4.39 Å². The van der Waals surface area contributed by atoms with Crippen LogP contribution in [0.2, 0.25) is 0 Å².